The van der Waals surface area contributed by atoms with Gasteiger partial charge in [-0.05, 0) is 19.1 Å². The second-order valence-electron chi connectivity index (χ2n) is 1.20. The summed E-state index contributed by atoms with van der Waals surface area (Å²) in [6.07, 6.45) is 3.75. The van der Waals surface area contributed by atoms with Gasteiger partial charge in [0.05, 0.1) is 0 Å². The Bertz CT molecular complexity index is 75.4. The van der Waals surface area contributed by atoms with E-state index >= 15 is 0 Å². The highest BCUT2D eigenvalue weighted by atomic mass is 16.2. The summed E-state index contributed by atoms with van der Waals surface area (Å²) in [5.74, 6) is 0. The number of aromatic nitrogens is 1. The summed E-state index contributed by atoms with van der Waals surface area (Å²) < 4.78 is 0. The first-order chi connectivity index (χ1) is 3.91. The molecule has 0 atom stereocenters. The lowest BCUT2D eigenvalue weighted by Crippen LogP contribution is -1.57. The van der Waals surface area contributed by atoms with Crippen LogP contribution in [0.25, 0.3) is 0 Å². The minimum Gasteiger partial charge on any atom is -0.397 e. The second-order valence-corrected chi connectivity index (χ2v) is 1.20. The Morgan fingerprint density at radius 3 is 1.88 bits per heavy atom. The van der Waals surface area contributed by atoms with Gasteiger partial charge in [-0.1, -0.05) is 0 Å². The molecule has 1 aromatic rings. The van der Waals surface area contributed by atoms with Gasteiger partial charge in [0.15, 0.2) is 0 Å². The third kappa shape index (κ3) is 5.24. The molecule has 0 aromatic carbocycles. The highest BCUT2D eigenvalue weighted by Gasteiger charge is 1.55. The molecule has 0 aliphatic rings. The zero-order valence-electron chi connectivity index (χ0n) is 4.96. The van der Waals surface area contributed by atoms with Crippen molar-refractivity contribution in [3.8, 4) is 0 Å². The van der Waals surface area contributed by atoms with Crippen LogP contribution in [-0.2, 0) is 0 Å². The van der Waals surface area contributed by atoms with Gasteiger partial charge in [0.1, 0.15) is 0 Å². The molecule has 2 nitrogen and oxygen atoms in total. The lowest BCUT2D eigenvalue weighted by molar-refractivity contribution is 0.318. The Kier molecular flexibility index (Phi) is 5.65. The molecule has 0 fully saturated rings. The number of hydrogen-bond donors (Lipinski definition) is 2. The molecule has 1 rings (SSSR count). The first kappa shape index (κ1) is 7.24. The van der Waals surface area contributed by atoms with Gasteiger partial charge in [-0.2, -0.15) is 0 Å². The fourth-order valence-corrected chi connectivity index (χ4v) is 0.278. The average molecular weight is 113 g/mol. The second kappa shape index (κ2) is 6.24. The van der Waals surface area contributed by atoms with Crippen LogP contribution in [0.5, 0.6) is 0 Å². The fourth-order valence-electron chi connectivity index (χ4n) is 0.278. The van der Waals surface area contributed by atoms with Crippen molar-refractivity contribution in [1.82, 2.24) is 4.98 Å². The van der Waals surface area contributed by atoms with Crippen molar-refractivity contribution in [2.24, 2.45) is 0 Å². The molecule has 0 saturated heterocycles. The number of nitrogens with one attached hydrogen (secondary N) is 1. The fraction of sp³-hybridized carbons (Fsp3) is 0.333. The van der Waals surface area contributed by atoms with Crippen molar-refractivity contribution in [2.75, 3.05) is 6.61 Å². The molecule has 0 amide bonds. The molecule has 0 saturated carbocycles. The predicted molar refractivity (Wildman–Crippen MR) is 33.6 cm³/mol. The zero-order chi connectivity index (χ0) is 6.24. The van der Waals surface area contributed by atoms with E-state index in [1.807, 2.05) is 24.5 Å². The van der Waals surface area contributed by atoms with E-state index in [0.717, 1.165) is 0 Å². The molecule has 0 aliphatic heterocycles. The van der Waals surface area contributed by atoms with Crippen LogP contribution in [0.15, 0.2) is 24.5 Å². The van der Waals surface area contributed by atoms with Crippen LogP contribution in [0.1, 0.15) is 6.92 Å². The van der Waals surface area contributed by atoms with E-state index in [-0.39, 0.29) is 6.61 Å². The molecule has 0 aliphatic carbocycles. The van der Waals surface area contributed by atoms with E-state index in [2.05, 4.69) is 4.98 Å². The Morgan fingerprint density at radius 1 is 1.38 bits per heavy atom. The lowest BCUT2D eigenvalue weighted by atomic mass is 10.7. The summed E-state index contributed by atoms with van der Waals surface area (Å²) in [6, 6.07) is 3.89. The Balaban J connectivity index is 0.000000145. The topological polar surface area (TPSA) is 36.0 Å². The highest BCUT2D eigenvalue weighted by Crippen LogP contribution is 1.72. The molecule has 46 valence electrons. The van der Waals surface area contributed by atoms with E-state index in [0.29, 0.717) is 0 Å². The van der Waals surface area contributed by atoms with Crippen molar-refractivity contribution >= 4 is 0 Å². The van der Waals surface area contributed by atoms with Crippen molar-refractivity contribution in [1.29, 1.82) is 0 Å². The van der Waals surface area contributed by atoms with Gasteiger partial charge in [-0.3, -0.25) is 0 Å². The number of aliphatic hydroxyl groups excluding tert-OH is 1. The molecular weight excluding hydrogens is 102 g/mol. The highest BCUT2D eigenvalue weighted by molar-refractivity contribution is 4.84. The van der Waals surface area contributed by atoms with Gasteiger partial charge in [-0.15, -0.1) is 0 Å². The molecule has 0 radical (unpaired) electrons. The Hall–Kier alpha value is -0.760. The minimum absolute atomic E-state index is 0.250. The first-order valence-electron chi connectivity index (χ1n) is 2.60. The number of H-pyrrole nitrogens is 1. The number of rotatable bonds is 0. The van der Waals surface area contributed by atoms with Crippen LogP contribution in [0, 0.1) is 0 Å². The third-order valence-electron chi connectivity index (χ3n) is 0.496. The molecular formula is C6H11NO. The standard InChI is InChI=1S/C4H5N.C2H6O/c1-2-4-5-3-1;1-2-3/h1-5H;3H,2H2,1H3. The van der Waals surface area contributed by atoms with E-state index in [9.17, 15) is 0 Å². The largest absolute Gasteiger partial charge is 0.397 e. The maximum atomic E-state index is 7.57. The number of aliphatic hydroxyl groups is 1. The molecule has 8 heavy (non-hydrogen) atoms. The van der Waals surface area contributed by atoms with Crippen LogP contribution >= 0.6 is 0 Å². The van der Waals surface area contributed by atoms with Gasteiger partial charge < -0.3 is 10.1 Å². The maximum absolute atomic E-state index is 7.57. The predicted octanol–water partition coefficient (Wildman–Crippen LogP) is 1.01. The molecule has 1 heterocycles. The summed E-state index contributed by atoms with van der Waals surface area (Å²) in [5, 5.41) is 7.57. The average Bonchev–Trinajstić information content (AvgIpc) is 2.17. The zero-order valence-corrected chi connectivity index (χ0v) is 4.96. The minimum atomic E-state index is 0.250. The quantitative estimate of drug-likeness (QED) is 0.517. The summed E-state index contributed by atoms with van der Waals surface area (Å²) >= 11 is 0. The van der Waals surface area contributed by atoms with Gasteiger partial charge in [0.25, 0.3) is 0 Å². The molecule has 0 bridgehead atoms. The van der Waals surface area contributed by atoms with E-state index in [1.54, 1.807) is 6.92 Å². The van der Waals surface area contributed by atoms with Gasteiger partial charge >= 0.3 is 0 Å². The molecule has 1 aromatic heterocycles. The lowest BCUT2D eigenvalue weighted by Gasteiger charge is -1.52. The van der Waals surface area contributed by atoms with Crippen LogP contribution in [0.4, 0.5) is 0 Å². The smallest absolute Gasteiger partial charge is 0.0402 e. The molecule has 2 N–H and O–H groups in total. The summed E-state index contributed by atoms with van der Waals surface area (Å²) in [4.78, 5) is 2.86. The number of hydrogen-bond acceptors (Lipinski definition) is 1. The van der Waals surface area contributed by atoms with Gasteiger partial charge in [0.2, 0.25) is 0 Å². The molecule has 0 spiro atoms. The van der Waals surface area contributed by atoms with E-state index < -0.39 is 0 Å². The van der Waals surface area contributed by atoms with Crippen LogP contribution < -0.4 is 0 Å². The van der Waals surface area contributed by atoms with E-state index in [1.165, 1.54) is 0 Å². The summed E-state index contributed by atoms with van der Waals surface area (Å²) in [6.45, 7) is 1.93. The van der Waals surface area contributed by atoms with Crippen molar-refractivity contribution < 1.29 is 5.11 Å². The van der Waals surface area contributed by atoms with Gasteiger partial charge in [0, 0.05) is 19.0 Å². The van der Waals surface area contributed by atoms with Crippen LogP contribution in [-0.4, -0.2) is 16.7 Å². The van der Waals surface area contributed by atoms with Crippen molar-refractivity contribution in [2.45, 2.75) is 6.92 Å². The molecule has 2 heteroatoms. The SMILES string of the molecule is CCO.c1cc[nH]c1. The van der Waals surface area contributed by atoms with Crippen molar-refractivity contribution in [3.63, 3.8) is 0 Å². The van der Waals surface area contributed by atoms with Crippen LogP contribution in [0.2, 0.25) is 0 Å². The van der Waals surface area contributed by atoms with Crippen molar-refractivity contribution in [3.05, 3.63) is 24.5 Å². The van der Waals surface area contributed by atoms with Crippen LogP contribution in [0.3, 0.4) is 0 Å². The first-order valence-corrected chi connectivity index (χ1v) is 2.60. The normalized spacial score (nSPS) is 7.25. The third-order valence-corrected chi connectivity index (χ3v) is 0.496. The van der Waals surface area contributed by atoms with Gasteiger partial charge in [-0.25, -0.2) is 0 Å². The summed E-state index contributed by atoms with van der Waals surface area (Å²) in [7, 11) is 0. The molecule has 0 unspecified atom stereocenters. The number of aromatic amines is 1. The summed E-state index contributed by atoms with van der Waals surface area (Å²) in [5.41, 5.74) is 0. The maximum Gasteiger partial charge on any atom is 0.0402 e. The van der Waals surface area contributed by atoms with E-state index in [4.69, 9.17) is 5.11 Å². The Morgan fingerprint density at radius 2 is 1.75 bits per heavy atom. The monoisotopic (exact) mass is 113 g/mol. The Labute approximate surface area is 49.2 Å².